The molecule has 1 aromatic heterocycles. The van der Waals surface area contributed by atoms with E-state index in [4.69, 9.17) is 0 Å². The first-order chi connectivity index (χ1) is 9.30. The predicted octanol–water partition coefficient (Wildman–Crippen LogP) is 0.226. The SMILES string of the molecule is CCNc1ccc(S(=O)(=O)NCCS(=O)(=O)CC)cn1. The lowest BCUT2D eigenvalue weighted by Gasteiger charge is -2.07. The molecule has 1 aromatic rings. The molecule has 0 aliphatic rings. The van der Waals surface area contributed by atoms with Gasteiger partial charge in [0, 0.05) is 25.0 Å². The van der Waals surface area contributed by atoms with E-state index < -0.39 is 19.9 Å². The fourth-order valence-corrected chi connectivity index (χ4v) is 3.19. The summed E-state index contributed by atoms with van der Waals surface area (Å²) >= 11 is 0. The van der Waals surface area contributed by atoms with Gasteiger partial charge in [0.25, 0.3) is 0 Å². The van der Waals surface area contributed by atoms with E-state index in [0.717, 1.165) is 0 Å². The van der Waals surface area contributed by atoms with Crippen LogP contribution in [0.4, 0.5) is 5.82 Å². The lowest BCUT2D eigenvalue weighted by molar-refractivity contribution is 0.581. The molecule has 114 valence electrons. The summed E-state index contributed by atoms with van der Waals surface area (Å²) in [4.78, 5) is 3.97. The van der Waals surface area contributed by atoms with Gasteiger partial charge in [-0.25, -0.2) is 26.5 Å². The minimum absolute atomic E-state index is 0.00628. The first-order valence-corrected chi connectivity index (χ1v) is 9.51. The molecule has 0 bridgehead atoms. The third-order valence-corrected chi connectivity index (χ3v) is 5.70. The Hall–Kier alpha value is -1.19. The molecule has 2 N–H and O–H groups in total. The minimum atomic E-state index is -3.73. The zero-order chi connectivity index (χ0) is 15.2. The zero-order valence-electron chi connectivity index (χ0n) is 11.5. The molecule has 9 heteroatoms. The molecule has 0 aliphatic carbocycles. The third kappa shape index (κ3) is 5.06. The van der Waals surface area contributed by atoms with Crippen LogP contribution in [0.3, 0.4) is 0 Å². The van der Waals surface area contributed by atoms with E-state index in [0.29, 0.717) is 12.4 Å². The van der Waals surface area contributed by atoms with E-state index in [1.807, 2.05) is 6.92 Å². The monoisotopic (exact) mass is 321 g/mol. The number of rotatable bonds is 8. The van der Waals surface area contributed by atoms with Gasteiger partial charge < -0.3 is 5.32 Å². The second-order valence-electron chi connectivity index (χ2n) is 4.04. The van der Waals surface area contributed by atoms with Gasteiger partial charge in [-0.15, -0.1) is 0 Å². The van der Waals surface area contributed by atoms with Gasteiger partial charge in [-0.2, -0.15) is 0 Å². The Morgan fingerprint density at radius 3 is 2.35 bits per heavy atom. The Balaban J connectivity index is 2.69. The smallest absolute Gasteiger partial charge is 0.242 e. The van der Waals surface area contributed by atoms with Gasteiger partial charge in [-0.05, 0) is 19.1 Å². The maximum atomic E-state index is 11.9. The molecule has 0 amide bonds. The summed E-state index contributed by atoms with van der Waals surface area (Å²) in [5.74, 6) is 0.360. The van der Waals surface area contributed by atoms with Crippen molar-refractivity contribution in [2.45, 2.75) is 18.7 Å². The highest BCUT2D eigenvalue weighted by atomic mass is 32.2. The molecule has 0 unspecified atom stereocenters. The molecular weight excluding hydrogens is 302 g/mol. The largest absolute Gasteiger partial charge is 0.370 e. The van der Waals surface area contributed by atoms with E-state index in [9.17, 15) is 16.8 Å². The Kier molecular flexibility index (Phi) is 5.90. The molecule has 0 fully saturated rings. The van der Waals surface area contributed by atoms with E-state index in [-0.39, 0.29) is 22.9 Å². The Morgan fingerprint density at radius 2 is 1.85 bits per heavy atom. The number of pyridine rings is 1. The van der Waals surface area contributed by atoms with Crippen molar-refractivity contribution in [1.82, 2.24) is 9.71 Å². The number of nitrogens with one attached hydrogen (secondary N) is 2. The molecular formula is C11H19N3O4S2. The van der Waals surface area contributed by atoms with Crippen LogP contribution in [0.2, 0.25) is 0 Å². The summed E-state index contributed by atoms with van der Waals surface area (Å²) in [6.07, 6.45) is 1.23. The van der Waals surface area contributed by atoms with Crippen LogP contribution in [0.1, 0.15) is 13.8 Å². The van der Waals surface area contributed by atoms with Crippen molar-refractivity contribution in [3.63, 3.8) is 0 Å². The third-order valence-electron chi connectivity index (χ3n) is 2.55. The van der Waals surface area contributed by atoms with Crippen molar-refractivity contribution in [3.05, 3.63) is 18.3 Å². The number of sulfone groups is 1. The highest BCUT2D eigenvalue weighted by Gasteiger charge is 2.16. The van der Waals surface area contributed by atoms with Crippen molar-refractivity contribution in [2.24, 2.45) is 0 Å². The van der Waals surface area contributed by atoms with Gasteiger partial charge in [-0.3, -0.25) is 0 Å². The van der Waals surface area contributed by atoms with Gasteiger partial charge in [0.1, 0.15) is 10.7 Å². The first-order valence-electron chi connectivity index (χ1n) is 6.20. The quantitative estimate of drug-likeness (QED) is 0.710. The topological polar surface area (TPSA) is 105 Å². The van der Waals surface area contributed by atoms with E-state index in [1.54, 1.807) is 6.07 Å². The molecule has 0 radical (unpaired) electrons. The predicted molar refractivity (Wildman–Crippen MR) is 77.9 cm³/mol. The van der Waals surface area contributed by atoms with Crippen LogP contribution in [0.15, 0.2) is 23.2 Å². The van der Waals surface area contributed by atoms with Gasteiger partial charge in [0.05, 0.1) is 5.75 Å². The van der Waals surface area contributed by atoms with Crippen molar-refractivity contribution in [1.29, 1.82) is 0 Å². The Morgan fingerprint density at radius 1 is 1.15 bits per heavy atom. The van der Waals surface area contributed by atoms with E-state index >= 15 is 0 Å². The standard InChI is InChI=1S/C11H19N3O4S2/c1-3-12-11-6-5-10(9-13-11)20(17,18)14-7-8-19(15,16)4-2/h5-6,9,14H,3-4,7-8H2,1-2H3,(H,12,13). The van der Waals surface area contributed by atoms with Crippen molar-refractivity contribution in [3.8, 4) is 0 Å². The van der Waals surface area contributed by atoms with Gasteiger partial charge in [0.2, 0.25) is 10.0 Å². The van der Waals surface area contributed by atoms with Crippen molar-refractivity contribution >= 4 is 25.7 Å². The molecule has 20 heavy (non-hydrogen) atoms. The number of hydrogen-bond acceptors (Lipinski definition) is 6. The summed E-state index contributed by atoms with van der Waals surface area (Å²) in [5.41, 5.74) is 0. The summed E-state index contributed by atoms with van der Waals surface area (Å²) in [7, 11) is -6.92. The van der Waals surface area contributed by atoms with Crippen molar-refractivity contribution < 1.29 is 16.8 Å². The van der Waals surface area contributed by atoms with Gasteiger partial charge in [0.15, 0.2) is 9.84 Å². The first kappa shape index (κ1) is 16.9. The minimum Gasteiger partial charge on any atom is -0.370 e. The average molecular weight is 321 g/mol. The molecule has 0 spiro atoms. The molecule has 1 heterocycles. The van der Waals surface area contributed by atoms with Crippen LogP contribution in [-0.2, 0) is 19.9 Å². The second kappa shape index (κ2) is 7.00. The maximum Gasteiger partial charge on any atom is 0.242 e. The molecule has 1 rings (SSSR count). The summed E-state index contributed by atoms with van der Waals surface area (Å²) in [6, 6.07) is 2.97. The molecule has 0 aromatic carbocycles. The fraction of sp³-hybridized carbons (Fsp3) is 0.545. The lowest BCUT2D eigenvalue weighted by atomic mass is 10.4. The molecule has 7 nitrogen and oxygen atoms in total. The fourth-order valence-electron chi connectivity index (χ4n) is 1.38. The van der Waals surface area contributed by atoms with Crippen LogP contribution in [0.5, 0.6) is 0 Å². The zero-order valence-corrected chi connectivity index (χ0v) is 13.1. The second-order valence-corrected chi connectivity index (χ2v) is 8.28. The Labute approximate surface area is 119 Å². The molecule has 0 saturated heterocycles. The van der Waals surface area contributed by atoms with E-state index in [2.05, 4.69) is 15.0 Å². The van der Waals surface area contributed by atoms with Crippen LogP contribution in [0, 0.1) is 0 Å². The summed E-state index contributed by atoms with van der Waals surface area (Å²) < 4.78 is 48.6. The number of anilines is 1. The van der Waals surface area contributed by atoms with Crippen LogP contribution < -0.4 is 10.0 Å². The van der Waals surface area contributed by atoms with Crippen LogP contribution in [-0.4, -0.2) is 46.4 Å². The summed E-state index contributed by atoms with van der Waals surface area (Å²) in [6.45, 7) is 3.97. The normalized spacial score (nSPS) is 12.3. The molecule has 0 atom stereocenters. The number of aromatic nitrogens is 1. The van der Waals surface area contributed by atoms with E-state index in [1.165, 1.54) is 19.2 Å². The Bertz CT molecular complexity index is 624. The van der Waals surface area contributed by atoms with Crippen molar-refractivity contribution in [2.75, 3.05) is 29.9 Å². The number of sulfonamides is 1. The lowest BCUT2D eigenvalue weighted by Crippen LogP contribution is -2.29. The molecule has 0 saturated carbocycles. The highest BCUT2D eigenvalue weighted by molar-refractivity contribution is 7.91. The van der Waals surface area contributed by atoms with Crippen LogP contribution >= 0.6 is 0 Å². The summed E-state index contributed by atoms with van der Waals surface area (Å²) in [5, 5.41) is 2.95. The van der Waals surface area contributed by atoms with Gasteiger partial charge in [-0.1, -0.05) is 6.92 Å². The highest BCUT2D eigenvalue weighted by Crippen LogP contribution is 2.10. The number of hydrogen-bond donors (Lipinski definition) is 2. The molecule has 0 aliphatic heterocycles. The van der Waals surface area contributed by atoms with Crippen LogP contribution in [0.25, 0.3) is 0 Å². The average Bonchev–Trinajstić information content (AvgIpc) is 2.39. The maximum absolute atomic E-state index is 11.9. The number of nitrogens with zero attached hydrogens (tertiary/aromatic N) is 1. The van der Waals surface area contributed by atoms with Gasteiger partial charge >= 0.3 is 0 Å².